The number of rotatable bonds is 7. The van der Waals surface area contributed by atoms with E-state index in [4.69, 9.17) is 30.5 Å². The van der Waals surface area contributed by atoms with Crippen molar-refractivity contribution in [3.05, 3.63) is 58.6 Å². The fourth-order valence-electron chi connectivity index (χ4n) is 5.19. The van der Waals surface area contributed by atoms with Gasteiger partial charge < -0.3 is 18.9 Å². The average Bonchev–Trinajstić information content (AvgIpc) is 3.57. The summed E-state index contributed by atoms with van der Waals surface area (Å²) in [6, 6.07) is 7.52. The van der Waals surface area contributed by atoms with Gasteiger partial charge in [0.25, 0.3) is 11.8 Å². The van der Waals surface area contributed by atoms with Crippen LogP contribution in [0.25, 0.3) is 0 Å². The van der Waals surface area contributed by atoms with E-state index in [9.17, 15) is 14.4 Å². The molecule has 2 aromatic carbocycles. The number of methoxy groups -OCH3 is 3. The fraction of sp³-hybridized carbons (Fsp3) is 0.308. The van der Waals surface area contributed by atoms with Crippen molar-refractivity contribution in [2.45, 2.75) is 6.42 Å². The van der Waals surface area contributed by atoms with E-state index in [0.717, 1.165) is 11.4 Å². The predicted octanol–water partition coefficient (Wildman–Crippen LogP) is 3.73. The Morgan fingerprint density at radius 2 is 1.56 bits per heavy atom. The summed E-state index contributed by atoms with van der Waals surface area (Å²) in [6.07, 6.45) is 6.17. The largest absolute Gasteiger partial charge is 0.493 e. The minimum Gasteiger partial charge on any atom is -0.493 e. The van der Waals surface area contributed by atoms with Crippen LogP contribution < -0.4 is 18.9 Å². The van der Waals surface area contributed by atoms with Crippen LogP contribution in [0.1, 0.15) is 22.3 Å². The SMILES string of the molecule is COc1cc(C(=O)Oc2ccc(Cl)cc2C=NN2C(=O)[C@@H]3[C@H](C2=O)[C@H]2C=C[C@H]3C2)cc(OC)c1OC. The minimum absolute atomic E-state index is 0.0813. The van der Waals surface area contributed by atoms with Gasteiger partial charge in [-0.1, -0.05) is 23.8 Å². The van der Waals surface area contributed by atoms with E-state index < -0.39 is 5.97 Å². The van der Waals surface area contributed by atoms with Crippen LogP contribution in [0.2, 0.25) is 5.02 Å². The molecule has 2 amide bonds. The van der Waals surface area contributed by atoms with Crippen molar-refractivity contribution >= 4 is 35.6 Å². The van der Waals surface area contributed by atoms with Gasteiger partial charge >= 0.3 is 5.97 Å². The monoisotopic (exact) mass is 510 g/mol. The highest BCUT2D eigenvalue weighted by atomic mass is 35.5. The van der Waals surface area contributed by atoms with Gasteiger partial charge in [0.2, 0.25) is 5.75 Å². The van der Waals surface area contributed by atoms with E-state index in [0.29, 0.717) is 27.8 Å². The van der Waals surface area contributed by atoms with Gasteiger partial charge in [-0.2, -0.15) is 10.1 Å². The molecule has 2 bridgehead atoms. The summed E-state index contributed by atoms with van der Waals surface area (Å²) >= 11 is 6.16. The lowest BCUT2D eigenvalue weighted by Gasteiger charge is -2.14. The molecule has 10 heteroatoms. The third-order valence-electron chi connectivity index (χ3n) is 6.83. The molecule has 1 saturated carbocycles. The van der Waals surface area contributed by atoms with E-state index in [-0.39, 0.29) is 46.8 Å². The molecule has 36 heavy (non-hydrogen) atoms. The fourth-order valence-corrected chi connectivity index (χ4v) is 5.37. The van der Waals surface area contributed by atoms with Crippen LogP contribution in [-0.4, -0.2) is 50.3 Å². The van der Waals surface area contributed by atoms with E-state index in [1.807, 2.05) is 12.2 Å². The normalized spacial score (nSPS) is 23.9. The lowest BCUT2D eigenvalue weighted by molar-refractivity contribution is -0.140. The third kappa shape index (κ3) is 3.89. The van der Waals surface area contributed by atoms with E-state index in [2.05, 4.69) is 5.10 Å². The molecule has 3 aliphatic rings. The summed E-state index contributed by atoms with van der Waals surface area (Å²) in [5.41, 5.74) is 0.477. The molecule has 1 saturated heterocycles. The molecule has 1 heterocycles. The molecular formula is C26H23ClN2O7. The lowest BCUT2D eigenvalue weighted by Crippen LogP contribution is -2.28. The van der Waals surface area contributed by atoms with Gasteiger partial charge in [0.1, 0.15) is 5.75 Å². The van der Waals surface area contributed by atoms with Crippen LogP contribution in [0.15, 0.2) is 47.6 Å². The first-order chi connectivity index (χ1) is 17.4. The van der Waals surface area contributed by atoms with Crippen molar-refractivity contribution in [1.29, 1.82) is 0 Å². The second-order valence-corrected chi connectivity index (χ2v) is 9.15. The van der Waals surface area contributed by atoms with E-state index >= 15 is 0 Å². The molecule has 1 aliphatic heterocycles. The number of amides is 2. The maximum Gasteiger partial charge on any atom is 0.343 e. The number of allylic oxidation sites excluding steroid dienone is 2. The molecule has 4 atom stereocenters. The van der Waals surface area contributed by atoms with Gasteiger partial charge in [-0.25, -0.2) is 4.79 Å². The first-order valence-electron chi connectivity index (χ1n) is 11.3. The van der Waals surface area contributed by atoms with Gasteiger partial charge in [-0.15, -0.1) is 0 Å². The lowest BCUT2D eigenvalue weighted by atomic mass is 9.85. The van der Waals surface area contributed by atoms with Crippen LogP contribution in [0, 0.1) is 23.7 Å². The highest BCUT2D eigenvalue weighted by Crippen LogP contribution is 2.52. The van der Waals surface area contributed by atoms with Crippen molar-refractivity contribution in [1.82, 2.24) is 5.01 Å². The summed E-state index contributed by atoms with van der Waals surface area (Å²) in [7, 11) is 4.34. The summed E-state index contributed by atoms with van der Waals surface area (Å²) in [4.78, 5) is 38.8. The number of hydrogen-bond acceptors (Lipinski definition) is 8. The Balaban J connectivity index is 1.40. The first kappa shape index (κ1) is 23.9. The van der Waals surface area contributed by atoms with Gasteiger partial charge in [0.15, 0.2) is 11.5 Å². The van der Waals surface area contributed by atoms with Crippen LogP contribution >= 0.6 is 11.6 Å². The van der Waals surface area contributed by atoms with Crippen LogP contribution in [0.4, 0.5) is 0 Å². The van der Waals surface area contributed by atoms with Crippen LogP contribution in [0.5, 0.6) is 23.0 Å². The maximum atomic E-state index is 13.0. The predicted molar refractivity (Wildman–Crippen MR) is 130 cm³/mol. The molecule has 0 unspecified atom stereocenters. The van der Waals surface area contributed by atoms with E-state index in [1.54, 1.807) is 6.07 Å². The smallest absolute Gasteiger partial charge is 0.343 e. The zero-order valence-corrected chi connectivity index (χ0v) is 20.5. The molecule has 2 aliphatic carbocycles. The number of carbonyl (C=O) groups is 3. The quantitative estimate of drug-likeness (QED) is 0.184. The Bertz CT molecular complexity index is 1270. The summed E-state index contributed by atoms with van der Waals surface area (Å²) in [6.45, 7) is 0. The number of imide groups is 1. The number of hydrogen-bond donors (Lipinski definition) is 0. The number of nitrogens with zero attached hydrogens (tertiary/aromatic N) is 2. The highest BCUT2D eigenvalue weighted by molar-refractivity contribution is 6.31. The summed E-state index contributed by atoms with van der Waals surface area (Å²) in [5, 5.41) is 5.46. The van der Waals surface area contributed by atoms with Gasteiger partial charge in [-0.05, 0) is 48.6 Å². The van der Waals surface area contributed by atoms with Crippen molar-refractivity contribution < 1.29 is 33.3 Å². The zero-order chi connectivity index (χ0) is 25.6. The second kappa shape index (κ2) is 9.31. The molecule has 186 valence electrons. The summed E-state index contributed by atoms with van der Waals surface area (Å²) < 4.78 is 21.5. The molecule has 0 aromatic heterocycles. The van der Waals surface area contributed by atoms with Crippen molar-refractivity contribution in [2.75, 3.05) is 21.3 Å². The van der Waals surface area contributed by atoms with Gasteiger partial charge in [-0.3, -0.25) is 9.59 Å². The Labute approximate surface area is 212 Å². The topological polar surface area (TPSA) is 104 Å². The molecule has 9 nitrogen and oxygen atoms in total. The number of hydrazone groups is 1. The highest BCUT2D eigenvalue weighted by Gasteiger charge is 2.59. The number of halogens is 1. The van der Waals surface area contributed by atoms with Gasteiger partial charge in [0, 0.05) is 10.6 Å². The van der Waals surface area contributed by atoms with Crippen molar-refractivity contribution in [3.63, 3.8) is 0 Å². The second-order valence-electron chi connectivity index (χ2n) is 8.72. The minimum atomic E-state index is -0.697. The first-order valence-corrected chi connectivity index (χ1v) is 11.7. The van der Waals surface area contributed by atoms with Crippen LogP contribution in [-0.2, 0) is 9.59 Å². The number of carbonyl (C=O) groups excluding carboxylic acids is 3. The molecule has 0 N–H and O–H groups in total. The Morgan fingerprint density at radius 3 is 2.11 bits per heavy atom. The molecule has 2 aromatic rings. The van der Waals surface area contributed by atoms with Crippen molar-refractivity contribution in [3.8, 4) is 23.0 Å². The van der Waals surface area contributed by atoms with Gasteiger partial charge in [0.05, 0.1) is 44.9 Å². The number of fused-ring (bicyclic) bond motifs is 5. The van der Waals surface area contributed by atoms with Crippen molar-refractivity contribution in [2.24, 2.45) is 28.8 Å². The zero-order valence-electron chi connectivity index (χ0n) is 19.8. The molecule has 0 radical (unpaired) electrons. The third-order valence-corrected chi connectivity index (χ3v) is 7.07. The molecular weight excluding hydrogens is 488 g/mol. The standard InChI is InChI=1S/C26H23ClN2O7/c1-33-19-10-15(11-20(34-2)23(19)35-3)26(32)36-18-7-6-17(27)9-16(18)12-28-29-24(30)21-13-4-5-14(8-13)22(21)25(29)31/h4-7,9-14,21-22H,8H2,1-3H3/t13-,14-,21-,22+/m0/s1. The average molecular weight is 511 g/mol. The molecule has 2 fully saturated rings. The number of benzene rings is 2. The van der Waals surface area contributed by atoms with E-state index in [1.165, 1.54) is 51.8 Å². The summed E-state index contributed by atoms with van der Waals surface area (Å²) in [5.74, 6) is -0.808. The number of ether oxygens (including phenoxy) is 4. The Morgan fingerprint density at radius 1 is 0.944 bits per heavy atom. The maximum absolute atomic E-state index is 13.0. The molecule has 5 rings (SSSR count). The Hall–Kier alpha value is -3.85. The molecule has 0 spiro atoms. The Kier molecular flexibility index (Phi) is 6.17. The number of esters is 1. The van der Waals surface area contributed by atoms with Crippen LogP contribution in [0.3, 0.4) is 0 Å².